The number of anilines is 2. The van der Waals surface area contributed by atoms with E-state index in [0.717, 1.165) is 11.3 Å². The summed E-state index contributed by atoms with van der Waals surface area (Å²) in [4.78, 5) is 14.6. The van der Waals surface area contributed by atoms with Crippen LogP contribution in [-0.4, -0.2) is 35.1 Å². The molecule has 0 bridgehead atoms. The largest absolute Gasteiger partial charge is 0.497 e. The van der Waals surface area contributed by atoms with E-state index < -0.39 is 10.0 Å². The fraction of sp³-hybridized carbons (Fsp3) is 0.174. The molecule has 1 amide bonds. The molecule has 0 unspecified atom stereocenters. The third-order valence-electron chi connectivity index (χ3n) is 5.17. The summed E-state index contributed by atoms with van der Waals surface area (Å²) in [6, 6.07) is 18.7. The second kappa shape index (κ2) is 8.31. The second-order valence-corrected chi connectivity index (χ2v) is 8.72. The van der Waals surface area contributed by atoms with E-state index >= 15 is 0 Å². The van der Waals surface area contributed by atoms with Crippen LogP contribution in [0.1, 0.15) is 15.9 Å². The zero-order valence-electron chi connectivity index (χ0n) is 17.2. The number of fused-ring (bicyclic) bond motifs is 1. The third-order valence-corrected chi connectivity index (χ3v) is 6.54. The van der Waals surface area contributed by atoms with Crippen molar-refractivity contribution in [1.29, 1.82) is 0 Å². The number of nitrogens with one attached hydrogen (secondary N) is 1. The molecule has 0 radical (unpaired) electrons. The smallest absolute Gasteiger partial charge is 0.262 e. The zero-order valence-corrected chi connectivity index (χ0v) is 18.0. The van der Waals surface area contributed by atoms with Crippen LogP contribution < -0.4 is 19.1 Å². The van der Waals surface area contributed by atoms with Crippen LogP contribution >= 0.6 is 0 Å². The highest BCUT2D eigenvalue weighted by Crippen LogP contribution is 2.34. The van der Waals surface area contributed by atoms with Crippen LogP contribution in [0.5, 0.6) is 11.5 Å². The van der Waals surface area contributed by atoms with Crippen molar-refractivity contribution < 1.29 is 22.7 Å². The van der Waals surface area contributed by atoms with E-state index in [1.165, 1.54) is 20.3 Å². The van der Waals surface area contributed by atoms with E-state index in [4.69, 9.17) is 9.47 Å². The fourth-order valence-corrected chi connectivity index (χ4v) is 4.70. The number of rotatable bonds is 6. The quantitative estimate of drug-likeness (QED) is 0.634. The van der Waals surface area contributed by atoms with Crippen molar-refractivity contribution in [2.45, 2.75) is 11.3 Å². The molecule has 1 heterocycles. The number of methoxy groups -OCH3 is 2. The number of hydrogen-bond donors (Lipinski definition) is 1. The molecule has 3 aromatic rings. The van der Waals surface area contributed by atoms with Gasteiger partial charge in [0.2, 0.25) is 0 Å². The van der Waals surface area contributed by atoms with Crippen LogP contribution in [-0.2, 0) is 16.4 Å². The molecule has 7 nitrogen and oxygen atoms in total. The van der Waals surface area contributed by atoms with Crippen LogP contribution in [0.3, 0.4) is 0 Å². The minimum Gasteiger partial charge on any atom is -0.497 e. The third kappa shape index (κ3) is 4.06. The number of carbonyl (C=O) groups excluding carboxylic acids is 1. The summed E-state index contributed by atoms with van der Waals surface area (Å²) in [5.41, 5.74) is 2.42. The van der Waals surface area contributed by atoms with Crippen molar-refractivity contribution in [3.05, 3.63) is 77.9 Å². The predicted molar refractivity (Wildman–Crippen MR) is 119 cm³/mol. The standard InChI is InChI=1S/C23H22N2O5S/c1-29-18-8-11-22(30-2)20(15-18)24-31(27,28)19-9-10-21-17(14-19)12-13-25(21)23(26)16-6-4-3-5-7-16/h3-11,14-15,24H,12-13H2,1-2H3. The molecule has 1 aliphatic heterocycles. The van der Waals surface area contributed by atoms with Gasteiger partial charge in [-0.05, 0) is 54.4 Å². The Hall–Kier alpha value is -3.52. The summed E-state index contributed by atoms with van der Waals surface area (Å²) in [6.07, 6.45) is 0.583. The highest BCUT2D eigenvalue weighted by atomic mass is 32.2. The van der Waals surface area contributed by atoms with E-state index in [1.54, 1.807) is 47.4 Å². The lowest BCUT2D eigenvalue weighted by atomic mass is 10.1. The van der Waals surface area contributed by atoms with Crippen LogP contribution in [0, 0.1) is 0 Å². The average molecular weight is 439 g/mol. The summed E-state index contributed by atoms with van der Waals surface area (Å²) in [5, 5.41) is 0. The monoisotopic (exact) mass is 438 g/mol. The molecule has 8 heteroatoms. The van der Waals surface area contributed by atoms with Crippen molar-refractivity contribution in [3.63, 3.8) is 0 Å². The second-order valence-electron chi connectivity index (χ2n) is 7.04. The number of carbonyl (C=O) groups is 1. The van der Waals surface area contributed by atoms with E-state index in [0.29, 0.717) is 30.0 Å². The summed E-state index contributed by atoms with van der Waals surface area (Å²) < 4.78 is 39.0. The molecule has 0 spiro atoms. The maximum Gasteiger partial charge on any atom is 0.262 e. The Balaban J connectivity index is 1.62. The Bertz CT molecular complexity index is 1230. The van der Waals surface area contributed by atoms with Gasteiger partial charge in [-0.3, -0.25) is 9.52 Å². The maximum atomic E-state index is 13.0. The van der Waals surface area contributed by atoms with E-state index in [1.807, 2.05) is 18.2 Å². The van der Waals surface area contributed by atoms with Gasteiger partial charge in [-0.25, -0.2) is 8.42 Å². The Morgan fingerprint density at radius 1 is 0.968 bits per heavy atom. The highest BCUT2D eigenvalue weighted by molar-refractivity contribution is 7.92. The molecule has 1 N–H and O–H groups in total. The minimum absolute atomic E-state index is 0.103. The lowest BCUT2D eigenvalue weighted by Gasteiger charge is -2.18. The number of hydrogen-bond acceptors (Lipinski definition) is 5. The molecule has 1 aliphatic rings. The molecule has 0 saturated carbocycles. The Morgan fingerprint density at radius 2 is 1.74 bits per heavy atom. The Kier molecular flexibility index (Phi) is 5.56. The topological polar surface area (TPSA) is 84.9 Å². The molecular weight excluding hydrogens is 416 g/mol. The van der Waals surface area contributed by atoms with Crippen LogP contribution in [0.2, 0.25) is 0 Å². The molecule has 0 fully saturated rings. The van der Waals surface area contributed by atoms with E-state index in [2.05, 4.69) is 4.72 Å². The Morgan fingerprint density at radius 3 is 2.45 bits per heavy atom. The maximum absolute atomic E-state index is 13.0. The first kappa shape index (κ1) is 20.7. The molecule has 0 aromatic heterocycles. The number of sulfonamides is 1. The summed E-state index contributed by atoms with van der Waals surface area (Å²) in [7, 11) is -0.903. The lowest BCUT2D eigenvalue weighted by molar-refractivity contribution is 0.0989. The Labute approximate surface area is 181 Å². The van der Waals surface area contributed by atoms with Crippen molar-refractivity contribution in [2.24, 2.45) is 0 Å². The molecule has 0 aliphatic carbocycles. The minimum atomic E-state index is -3.87. The van der Waals surface area contributed by atoms with Crippen LogP contribution in [0.15, 0.2) is 71.6 Å². The molecular formula is C23H22N2O5S. The van der Waals surface area contributed by atoms with Crippen molar-refractivity contribution >= 4 is 27.3 Å². The highest BCUT2D eigenvalue weighted by Gasteiger charge is 2.27. The van der Waals surface area contributed by atoms with Gasteiger partial charge in [0.05, 0.1) is 24.8 Å². The number of benzene rings is 3. The van der Waals surface area contributed by atoms with E-state index in [9.17, 15) is 13.2 Å². The number of ether oxygens (including phenoxy) is 2. The van der Waals surface area contributed by atoms with Crippen molar-refractivity contribution in [1.82, 2.24) is 0 Å². The van der Waals surface area contributed by atoms with E-state index in [-0.39, 0.29) is 16.5 Å². The number of amides is 1. The van der Waals surface area contributed by atoms with Gasteiger partial charge < -0.3 is 14.4 Å². The van der Waals surface area contributed by atoms with Gasteiger partial charge in [0.1, 0.15) is 11.5 Å². The molecule has 0 saturated heterocycles. The number of nitrogens with zero attached hydrogens (tertiary/aromatic N) is 1. The molecule has 3 aromatic carbocycles. The SMILES string of the molecule is COc1ccc(OC)c(NS(=O)(=O)c2ccc3c(c2)CCN3C(=O)c2ccccc2)c1. The van der Waals surface area contributed by atoms with Gasteiger partial charge in [0, 0.05) is 23.9 Å². The van der Waals surface area contributed by atoms with Gasteiger partial charge in [0.15, 0.2) is 0 Å². The van der Waals surface area contributed by atoms with Gasteiger partial charge in [0.25, 0.3) is 15.9 Å². The van der Waals surface area contributed by atoms with Gasteiger partial charge in [-0.15, -0.1) is 0 Å². The zero-order chi connectivity index (χ0) is 22.0. The molecule has 4 rings (SSSR count). The first-order valence-electron chi connectivity index (χ1n) is 9.67. The predicted octanol–water partition coefficient (Wildman–Crippen LogP) is 3.71. The van der Waals surface area contributed by atoms with Crippen molar-refractivity contribution in [2.75, 3.05) is 30.4 Å². The normalized spacial score (nSPS) is 12.9. The van der Waals surface area contributed by atoms with Gasteiger partial charge in [-0.2, -0.15) is 0 Å². The van der Waals surface area contributed by atoms with Gasteiger partial charge >= 0.3 is 0 Å². The molecule has 160 valence electrons. The lowest BCUT2D eigenvalue weighted by Crippen LogP contribution is -2.28. The van der Waals surface area contributed by atoms with Gasteiger partial charge in [-0.1, -0.05) is 18.2 Å². The van der Waals surface area contributed by atoms with Crippen LogP contribution in [0.25, 0.3) is 0 Å². The first-order chi connectivity index (χ1) is 14.9. The van der Waals surface area contributed by atoms with Crippen molar-refractivity contribution in [3.8, 4) is 11.5 Å². The fourth-order valence-electron chi connectivity index (χ4n) is 3.59. The summed E-state index contributed by atoms with van der Waals surface area (Å²) in [6.45, 7) is 0.504. The summed E-state index contributed by atoms with van der Waals surface area (Å²) in [5.74, 6) is 0.780. The molecule has 31 heavy (non-hydrogen) atoms. The molecule has 0 atom stereocenters. The average Bonchev–Trinajstić information content (AvgIpc) is 3.22. The van der Waals surface area contributed by atoms with Crippen LogP contribution in [0.4, 0.5) is 11.4 Å². The summed E-state index contributed by atoms with van der Waals surface area (Å²) >= 11 is 0. The first-order valence-corrected chi connectivity index (χ1v) is 11.2.